The van der Waals surface area contributed by atoms with Crippen LogP contribution in [0.5, 0.6) is 0 Å². The van der Waals surface area contributed by atoms with Crippen molar-refractivity contribution in [2.45, 2.75) is 39.5 Å². The zero-order chi connectivity index (χ0) is 14.5. The highest BCUT2D eigenvalue weighted by Gasteiger charge is 2.33. The molecule has 0 aromatic carbocycles. The molecule has 0 bridgehead atoms. The van der Waals surface area contributed by atoms with Crippen molar-refractivity contribution in [2.24, 2.45) is 23.5 Å². The van der Waals surface area contributed by atoms with E-state index in [0.717, 1.165) is 52.1 Å². The molecular formula is C16H31N3O. The van der Waals surface area contributed by atoms with E-state index in [2.05, 4.69) is 23.6 Å². The van der Waals surface area contributed by atoms with Crippen molar-refractivity contribution in [3.05, 3.63) is 0 Å². The number of amides is 1. The lowest BCUT2D eigenvalue weighted by Gasteiger charge is -2.27. The largest absolute Gasteiger partial charge is 0.341 e. The molecule has 1 aliphatic heterocycles. The summed E-state index contributed by atoms with van der Waals surface area (Å²) in [4.78, 5) is 17.2. The number of nitrogens with two attached hydrogens (primary N) is 1. The molecule has 0 spiro atoms. The number of carbonyl (C=O) groups is 1. The SMILES string of the molecule is CC(CN)CN1CCCN(C(=O)C2CCCC2C)CC1. The van der Waals surface area contributed by atoms with Crippen molar-refractivity contribution in [2.75, 3.05) is 39.3 Å². The maximum absolute atomic E-state index is 12.6. The van der Waals surface area contributed by atoms with Crippen molar-refractivity contribution in [1.29, 1.82) is 0 Å². The predicted octanol–water partition coefficient (Wildman–Crippen LogP) is 1.55. The van der Waals surface area contributed by atoms with Gasteiger partial charge in [0.2, 0.25) is 5.91 Å². The molecule has 0 radical (unpaired) electrons. The summed E-state index contributed by atoms with van der Waals surface area (Å²) in [5.74, 6) is 1.85. The number of nitrogens with zero attached hydrogens (tertiary/aromatic N) is 2. The fraction of sp³-hybridized carbons (Fsp3) is 0.938. The third-order valence-corrected chi connectivity index (χ3v) is 5.05. The maximum atomic E-state index is 12.6. The Morgan fingerprint density at radius 3 is 2.65 bits per heavy atom. The molecule has 3 unspecified atom stereocenters. The highest BCUT2D eigenvalue weighted by atomic mass is 16.2. The molecule has 1 amide bonds. The Labute approximate surface area is 123 Å². The number of hydrogen-bond acceptors (Lipinski definition) is 3. The van der Waals surface area contributed by atoms with Gasteiger partial charge >= 0.3 is 0 Å². The van der Waals surface area contributed by atoms with Crippen LogP contribution in [0.15, 0.2) is 0 Å². The van der Waals surface area contributed by atoms with Gasteiger partial charge in [-0.25, -0.2) is 0 Å². The van der Waals surface area contributed by atoms with Crippen molar-refractivity contribution in [3.63, 3.8) is 0 Å². The van der Waals surface area contributed by atoms with Crippen LogP contribution in [-0.4, -0.2) is 55.0 Å². The highest BCUT2D eigenvalue weighted by Crippen LogP contribution is 2.32. The van der Waals surface area contributed by atoms with Gasteiger partial charge in [0.15, 0.2) is 0 Å². The van der Waals surface area contributed by atoms with Crippen LogP contribution in [0.1, 0.15) is 39.5 Å². The summed E-state index contributed by atoms with van der Waals surface area (Å²) in [6.07, 6.45) is 4.66. The molecular weight excluding hydrogens is 250 g/mol. The Morgan fingerprint density at radius 1 is 1.20 bits per heavy atom. The first-order chi connectivity index (χ1) is 9.61. The average molecular weight is 281 g/mol. The lowest BCUT2D eigenvalue weighted by atomic mass is 9.96. The predicted molar refractivity (Wildman–Crippen MR) is 82.4 cm³/mol. The van der Waals surface area contributed by atoms with E-state index in [9.17, 15) is 4.79 Å². The van der Waals surface area contributed by atoms with E-state index in [1.807, 2.05) is 0 Å². The summed E-state index contributed by atoms with van der Waals surface area (Å²) >= 11 is 0. The first kappa shape index (κ1) is 15.8. The van der Waals surface area contributed by atoms with Crippen LogP contribution in [0.2, 0.25) is 0 Å². The lowest BCUT2D eigenvalue weighted by molar-refractivity contribution is -0.136. The third kappa shape index (κ3) is 3.95. The smallest absolute Gasteiger partial charge is 0.225 e. The van der Waals surface area contributed by atoms with E-state index >= 15 is 0 Å². The van der Waals surface area contributed by atoms with Gasteiger partial charge in [-0.05, 0) is 44.2 Å². The van der Waals surface area contributed by atoms with E-state index in [0.29, 0.717) is 23.7 Å². The molecule has 2 N–H and O–H groups in total. The molecule has 4 heteroatoms. The van der Waals surface area contributed by atoms with Gasteiger partial charge in [-0.3, -0.25) is 4.79 Å². The van der Waals surface area contributed by atoms with Gasteiger partial charge in [-0.15, -0.1) is 0 Å². The van der Waals surface area contributed by atoms with Crippen molar-refractivity contribution >= 4 is 5.91 Å². The van der Waals surface area contributed by atoms with Crippen LogP contribution >= 0.6 is 0 Å². The van der Waals surface area contributed by atoms with Crippen molar-refractivity contribution < 1.29 is 4.79 Å². The zero-order valence-electron chi connectivity index (χ0n) is 13.2. The second kappa shape index (κ2) is 7.41. The summed E-state index contributed by atoms with van der Waals surface area (Å²) in [5.41, 5.74) is 5.71. The molecule has 0 aromatic heterocycles. The Kier molecular flexibility index (Phi) is 5.85. The summed E-state index contributed by atoms with van der Waals surface area (Å²) in [6.45, 7) is 10.2. The fourth-order valence-electron chi connectivity index (χ4n) is 3.64. The van der Waals surface area contributed by atoms with E-state index < -0.39 is 0 Å². The van der Waals surface area contributed by atoms with Gasteiger partial charge in [0.05, 0.1) is 0 Å². The average Bonchev–Trinajstić information content (AvgIpc) is 2.73. The molecule has 116 valence electrons. The first-order valence-corrected chi connectivity index (χ1v) is 8.33. The molecule has 1 saturated heterocycles. The van der Waals surface area contributed by atoms with E-state index in [4.69, 9.17) is 5.73 Å². The second-order valence-corrected chi connectivity index (χ2v) is 6.84. The minimum atomic E-state index is 0.296. The molecule has 1 aliphatic carbocycles. The fourth-order valence-corrected chi connectivity index (χ4v) is 3.64. The van der Waals surface area contributed by atoms with Crippen molar-refractivity contribution in [1.82, 2.24) is 9.80 Å². The topological polar surface area (TPSA) is 49.6 Å². The van der Waals surface area contributed by atoms with Gasteiger partial charge in [0.25, 0.3) is 0 Å². The van der Waals surface area contributed by atoms with Crippen LogP contribution in [0.25, 0.3) is 0 Å². The summed E-state index contributed by atoms with van der Waals surface area (Å²) in [6, 6.07) is 0. The minimum Gasteiger partial charge on any atom is -0.341 e. The van der Waals surface area contributed by atoms with E-state index in [1.54, 1.807) is 0 Å². The van der Waals surface area contributed by atoms with Gasteiger partial charge < -0.3 is 15.5 Å². The Balaban J connectivity index is 1.84. The molecule has 4 nitrogen and oxygen atoms in total. The molecule has 2 rings (SSSR count). The molecule has 0 aromatic rings. The third-order valence-electron chi connectivity index (χ3n) is 5.05. The van der Waals surface area contributed by atoms with Crippen LogP contribution in [0.4, 0.5) is 0 Å². The first-order valence-electron chi connectivity index (χ1n) is 8.33. The monoisotopic (exact) mass is 281 g/mol. The molecule has 2 aliphatic rings. The Bertz CT molecular complexity index is 321. The minimum absolute atomic E-state index is 0.296. The molecule has 1 saturated carbocycles. The Morgan fingerprint density at radius 2 is 2.00 bits per heavy atom. The quantitative estimate of drug-likeness (QED) is 0.850. The van der Waals surface area contributed by atoms with Gasteiger partial charge in [-0.1, -0.05) is 20.3 Å². The van der Waals surface area contributed by atoms with E-state index in [1.165, 1.54) is 12.8 Å². The van der Waals surface area contributed by atoms with Crippen LogP contribution in [0, 0.1) is 17.8 Å². The standard InChI is InChI=1S/C16H31N3O/c1-13(11-17)12-18-7-4-8-19(10-9-18)16(20)15-6-3-5-14(15)2/h13-15H,3-12,17H2,1-2H3. The van der Waals surface area contributed by atoms with Gasteiger partial charge in [0.1, 0.15) is 0 Å². The maximum Gasteiger partial charge on any atom is 0.225 e. The zero-order valence-corrected chi connectivity index (χ0v) is 13.2. The normalized spacial score (nSPS) is 30.2. The van der Waals surface area contributed by atoms with Crippen molar-refractivity contribution in [3.8, 4) is 0 Å². The summed E-state index contributed by atoms with van der Waals surface area (Å²) in [5, 5.41) is 0. The number of rotatable bonds is 4. The molecule has 1 heterocycles. The molecule has 2 fully saturated rings. The van der Waals surface area contributed by atoms with E-state index in [-0.39, 0.29) is 0 Å². The van der Waals surface area contributed by atoms with Gasteiger partial charge in [-0.2, -0.15) is 0 Å². The summed E-state index contributed by atoms with van der Waals surface area (Å²) < 4.78 is 0. The molecule has 3 atom stereocenters. The van der Waals surface area contributed by atoms with Crippen LogP contribution in [-0.2, 0) is 4.79 Å². The molecule has 20 heavy (non-hydrogen) atoms. The second-order valence-electron chi connectivity index (χ2n) is 6.84. The summed E-state index contributed by atoms with van der Waals surface area (Å²) in [7, 11) is 0. The van der Waals surface area contributed by atoms with Crippen LogP contribution < -0.4 is 5.73 Å². The number of hydrogen-bond donors (Lipinski definition) is 1. The van der Waals surface area contributed by atoms with Crippen LogP contribution in [0.3, 0.4) is 0 Å². The lowest BCUT2D eigenvalue weighted by Crippen LogP contribution is -2.40. The highest BCUT2D eigenvalue weighted by molar-refractivity contribution is 5.79. The van der Waals surface area contributed by atoms with Gasteiger partial charge in [0, 0.05) is 32.1 Å². The number of carbonyl (C=O) groups excluding carboxylic acids is 1. The Hall–Kier alpha value is -0.610.